The van der Waals surface area contributed by atoms with Crippen molar-refractivity contribution in [2.75, 3.05) is 25.4 Å². The van der Waals surface area contributed by atoms with Crippen LogP contribution in [0.2, 0.25) is 0 Å². The summed E-state index contributed by atoms with van der Waals surface area (Å²) in [6.07, 6.45) is -4.58. The zero-order valence-electron chi connectivity index (χ0n) is 14.0. The molecule has 1 aromatic heterocycles. The molecule has 2 unspecified atom stereocenters. The van der Waals surface area contributed by atoms with E-state index in [1.54, 1.807) is 0 Å². The van der Waals surface area contributed by atoms with Crippen LogP contribution in [0, 0.1) is 5.41 Å². The largest absolute Gasteiger partial charge is 0.408 e. The fourth-order valence-corrected chi connectivity index (χ4v) is 3.51. The van der Waals surface area contributed by atoms with E-state index in [2.05, 4.69) is 15.5 Å². The van der Waals surface area contributed by atoms with Crippen LogP contribution >= 0.6 is 0 Å². The Kier molecular flexibility index (Phi) is 4.80. The molecule has 2 saturated heterocycles. The second-order valence-corrected chi connectivity index (χ2v) is 6.89. The van der Waals surface area contributed by atoms with E-state index in [4.69, 9.17) is 10.2 Å². The van der Waals surface area contributed by atoms with Gasteiger partial charge in [0.15, 0.2) is 0 Å². The van der Waals surface area contributed by atoms with Crippen molar-refractivity contribution >= 4 is 17.8 Å². The van der Waals surface area contributed by atoms with Crippen LogP contribution in [0.4, 0.5) is 19.2 Å². The molecule has 2 amide bonds. The van der Waals surface area contributed by atoms with Crippen LogP contribution < -0.4 is 11.1 Å². The SMILES string of the molecule is Nc1nnc(C2CCCN(C(=O)CC3(C(F)(F)F)CCC(=O)NC3)C2)o1. The second kappa shape index (κ2) is 6.76. The van der Waals surface area contributed by atoms with E-state index < -0.39 is 36.4 Å². The predicted molar refractivity (Wildman–Crippen MR) is 82.6 cm³/mol. The molecule has 3 rings (SSSR count). The minimum atomic E-state index is -4.58. The lowest BCUT2D eigenvalue weighted by Gasteiger charge is -2.40. The van der Waals surface area contributed by atoms with Crippen molar-refractivity contribution in [3.05, 3.63) is 5.89 Å². The number of nitrogens with two attached hydrogens (primary N) is 1. The fourth-order valence-electron chi connectivity index (χ4n) is 3.51. The number of alkyl halides is 3. The number of likely N-dealkylation sites (tertiary alicyclic amines) is 1. The number of hydrogen-bond donors (Lipinski definition) is 2. The van der Waals surface area contributed by atoms with Gasteiger partial charge < -0.3 is 20.4 Å². The van der Waals surface area contributed by atoms with Crippen molar-refractivity contribution in [2.45, 2.75) is 44.2 Å². The van der Waals surface area contributed by atoms with Gasteiger partial charge in [-0.05, 0) is 19.3 Å². The highest BCUT2D eigenvalue weighted by atomic mass is 19.4. The Morgan fingerprint density at radius 1 is 1.42 bits per heavy atom. The van der Waals surface area contributed by atoms with E-state index in [0.717, 1.165) is 0 Å². The lowest BCUT2D eigenvalue weighted by Crippen LogP contribution is -2.54. The molecule has 2 fully saturated rings. The molecule has 2 aliphatic rings. The molecule has 0 bridgehead atoms. The van der Waals surface area contributed by atoms with Gasteiger partial charge in [0.25, 0.3) is 0 Å². The Labute approximate surface area is 147 Å². The van der Waals surface area contributed by atoms with E-state index in [1.807, 2.05) is 0 Å². The summed E-state index contributed by atoms with van der Waals surface area (Å²) in [5.74, 6) is -0.971. The van der Waals surface area contributed by atoms with Crippen LogP contribution in [-0.4, -0.2) is 52.7 Å². The Morgan fingerprint density at radius 2 is 2.19 bits per heavy atom. The molecule has 0 aromatic carbocycles. The first-order valence-corrected chi connectivity index (χ1v) is 8.40. The highest BCUT2D eigenvalue weighted by Gasteiger charge is 2.57. The molecule has 2 atom stereocenters. The van der Waals surface area contributed by atoms with Crippen LogP contribution in [0.5, 0.6) is 0 Å². The molecule has 3 N–H and O–H groups in total. The molecule has 3 heterocycles. The van der Waals surface area contributed by atoms with Crippen molar-refractivity contribution < 1.29 is 27.2 Å². The zero-order chi connectivity index (χ0) is 18.9. The molecule has 144 valence electrons. The van der Waals surface area contributed by atoms with Crippen LogP contribution in [0.25, 0.3) is 0 Å². The average molecular weight is 375 g/mol. The van der Waals surface area contributed by atoms with Crippen molar-refractivity contribution in [1.82, 2.24) is 20.4 Å². The van der Waals surface area contributed by atoms with Crippen molar-refractivity contribution in [1.29, 1.82) is 0 Å². The van der Waals surface area contributed by atoms with Crippen molar-refractivity contribution in [3.63, 3.8) is 0 Å². The maximum atomic E-state index is 13.6. The fraction of sp³-hybridized carbons (Fsp3) is 0.733. The summed E-state index contributed by atoms with van der Waals surface area (Å²) in [7, 11) is 0. The van der Waals surface area contributed by atoms with Crippen molar-refractivity contribution in [3.8, 4) is 0 Å². The molecule has 0 saturated carbocycles. The standard InChI is InChI=1S/C15H20F3N5O3/c16-15(17,18)14(4-3-10(24)20-8-14)6-11(25)23-5-1-2-9(7-23)12-21-22-13(19)26-12/h9H,1-8H2,(H2,19,22)(H,20,24). The number of hydrogen-bond acceptors (Lipinski definition) is 6. The van der Waals surface area contributed by atoms with Gasteiger partial charge in [0.2, 0.25) is 17.7 Å². The number of nitrogens with one attached hydrogen (secondary N) is 1. The summed E-state index contributed by atoms with van der Waals surface area (Å²) in [6.45, 7) is 0.0124. The van der Waals surface area contributed by atoms with Crippen molar-refractivity contribution in [2.24, 2.45) is 5.41 Å². The first-order valence-electron chi connectivity index (χ1n) is 8.40. The summed E-state index contributed by atoms with van der Waals surface area (Å²) in [4.78, 5) is 25.3. The number of carbonyl (C=O) groups is 2. The number of nitrogen functional groups attached to an aromatic ring is 1. The van der Waals surface area contributed by atoms with E-state index in [9.17, 15) is 22.8 Å². The molecule has 2 aliphatic heterocycles. The van der Waals surface area contributed by atoms with Crippen LogP contribution in [0.1, 0.15) is 43.9 Å². The second-order valence-electron chi connectivity index (χ2n) is 6.89. The van der Waals surface area contributed by atoms with Gasteiger partial charge in [-0.3, -0.25) is 9.59 Å². The highest BCUT2D eigenvalue weighted by molar-refractivity contribution is 5.80. The summed E-state index contributed by atoms with van der Waals surface area (Å²) in [6, 6.07) is -0.0857. The minimum Gasteiger partial charge on any atom is -0.408 e. The summed E-state index contributed by atoms with van der Waals surface area (Å²) in [5.41, 5.74) is 3.18. The molecular formula is C15H20F3N5O3. The molecule has 8 nitrogen and oxygen atoms in total. The normalized spacial score (nSPS) is 27.3. The molecule has 1 aromatic rings. The van der Waals surface area contributed by atoms with E-state index in [0.29, 0.717) is 19.4 Å². The first-order chi connectivity index (χ1) is 12.2. The predicted octanol–water partition coefficient (Wildman–Crippen LogP) is 1.21. The van der Waals surface area contributed by atoms with Gasteiger partial charge in [-0.1, -0.05) is 5.10 Å². The van der Waals surface area contributed by atoms with E-state index in [-0.39, 0.29) is 37.2 Å². The van der Waals surface area contributed by atoms with E-state index in [1.165, 1.54) is 4.90 Å². The van der Waals surface area contributed by atoms with Gasteiger partial charge in [0.05, 0.1) is 11.3 Å². The first kappa shape index (κ1) is 18.5. The zero-order valence-corrected chi connectivity index (χ0v) is 14.0. The van der Waals surface area contributed by atoms with Gasteiger partial charge >= 0.3 is 12.2 Å². The molecule has 11 heteroatoms. The maximum Gasteiger partial charge on any atom is 0.396 e. The number of nitrogens with zero attached hydrogens (tertiary/aromatic N) is 3. The third kappa shape index (κ3) is 3.61. The quantitative estimate of drug-likeness (QED) is 0.821. The monoisotopic (exact) mass is 375 g/mol. The Morgan fingerprint density at radius 3 is 2.77 bits per heavy atom. The smallest absolute Gasteiger partial charge is 0.396 e. The number of halogens is 3. The van der Waals surface area contributed by atoms with Gasteiger partial charge in [0, 0.05) is 32.5 Å². The lowest BCUT2D eigenvalue weighted by atomic mass is 9.76. The van der Waals surface area contributed by atoms with Gasteiger partial charge in [-0.2, -0.15) is 13.2 Å². The highest BCUT2D eigenvalue weighted by Crippen LogP contribution is 2.46. The molecule has 0 aliphatic carbocycles. The number of piperidine rings is 2. The van der Waals surface area contributed by atoms with Crippen LogP contribution in [-0.2, 0) is 9.59 Å². The van der Waals surface area contributed by atoms with E-state index >= 15 is 0 Å². The summed E-state index contributed by atoms with van der Waals surface area (Å²) < 4.78 is 46.1. The van der Waals surface area contributed by atoms with Gasteiger partial charge in [-0.15, -0.1) is 5.10 Å². The van der Waals surface area contributed by atoms with Gasteiger partial charge in [-0.25, -0.2) is 0 Å². The molecule has 26 heavy (non-hydrogen) atoms. The Hall–Kier alpha value is -2.33. The third-order valence-electron chi connectivity index (χ3n) is 5.13. The number of amides is 2. The maximum absolute atomic E-state index is 13.6. The topological polar surface area (TPSA) is 114 Å². The Bertz CT molecular complexity index is 680. The lowest BCUT2D eigenvalue weighted by molar-refractivity contribution is -0.232. The molecule has 0 spiro atoms. The number of carbonyl (C=O) groups excluding carboxylic acids is 2. The van der Waals surface area contributed by atoms with Crippen LogP contribution in [0.15, 0.2) is 4.42 Å². The minimum absolute atomic E-state index is 0.0857. The number of rotatable bonds is 3. The molecular weight excluding hydrogens is 355 g/mol. The number of aromatic nitrogens is 2. The van der Waals surface area contributed by atoms with Crippen LogP contribution in [0.3, 0.4) is 0 Å². The Balaban J connectivity index is 1.70. The average Bonchev–Trinajstić information content (AvgIpc) is 3.03. The number of anilines is 1. The third-order valence-corrected chi connectivity index (χ3v) is 5.13. The van der Waals surface area contributed by atoms with Gasteiger partial charge in [0.1, 0.15) is 0 Å². The summed E-state index contributed by atoms with van der Waals surface area (Å²) in [5, 5.41) is 9.63. The molecule has 0 radical (unpaired) electrons. The summed E-state index contributed by atoms with van der Waals surface area (Å²) >= 11 is 0.